The minimum atomic E-state index is 0.161. The van der Waals surface area contributed by atoms with Crippen LogP contribution < -0.4 is 10.7 Å². The first kappa shape index (κ1) is 7.40. The van der Waals surface area contributed by atoms with E-state index in [1.165, 1.54) is 0 Å². The Morgan fingerprint density at radius 2 is 2.33 bits per heavy atom. The van der Waals surface area contributed by atoms with E-state index in [0.29, 0.717) is 0 Å². The third-order valence-corrected chi connectivity index (χ3v) is 2.17. The first-order valence-electron chi connectivity index (χ1n) is 4.24. The Morgan fingerprint density at radius 1 is 1.50 bits per heavy atom. The van der Waals surface area contributed by atoms with Crippen LogP contribution in [0.4, 0.5) is 5.82 Å². The molecule has 0 spiro atoms. The number of hydrogen-bond acceptors (Lipinski definition) is 2. The molecule has 0 atom stereocenters. The van der Waals surface area contributed by atoms with Gasteiger partial charge in [0.2, 0.25) is 0 Å². The maximum atomic E-state index is 11.4. The Hall–Kier alpha value is -1.25. The van der Waals surface area contributed by atoms with Gasteiger partial charge in [0.15, 0.2) is 5.43 Å². The molecule has 0 unspecified atom stereocenters. The molecule has 0 bridgehead atoms. The average Bonchev–Trinajstić information content (AvgIpc) is 2.04. The molecule has 1 aliphatic rings. The molecule has 3 heteroatoms. The van der Waals surface area contributed by atoms with Crippen molar-refractivity contribution in [2.24, 2.45) is 0 Å². The second kappa shape index (κ2) is 2.66. The van der Waals surface area contributed by atoms with Crippen molar-refractivity contribution in [1.29, 1.82) is 0 Å². The minimum absolute atomic E-state index is 0.161. The molecular weight excluding hydrogens is 152 g/mol. The fourth-order valence-corrected chi connectivity index (χ4v) is 1.59. The third-order valence-electron chi connectivity index (χ3n) is 2.17. The highest BCUT2D eigenvalue weighted by Gasteiger charge is 2.11. The Kier molecular flexibility index (Phi) is 1.64. The Balaban J connectivity index is 2.60. The highest BCUT2D eigenvalue weighted by atomic mass is 16.1. The summed E-state index contributed by atoms with van der Waals surface area (Å²) >= 11 is 0. The second-order valence-electron chi connectivity index (χ2n) is 3.20. The number of aromatic amines is 1. The van der Waals surface area contributed by atoms with Crippen LogP contribution in [-0.2, 0) is 6.42 Å². The lowest BCUT2D eigenvalue weighted by molar-refractivity contribution is 0.808. The van der Waals surface area contributed by atoms with Crippen LogP contribution in [0.1, 0.15) is 17.7 Å². The summed E-state index contributed by atoms with van der Waals surface area (Å²) in [6.45, 7) is 2.87. The standard InChI is InChI=1S/C9H12N2O/c1-6-5-8(12)7-3-2-4-10-9(7)11-6/h5H,2-4H2,1H3,(H2,10,11,12). The van der Waals surface area contributed by atoms with E-state index in [1.54, 1.807) is 6.07 Å². The molecule has 2 N–H and O–H groups in total. The molecule has 64 valence electrons. The molecule has 3 nitrogen and oxygen atoms in total. The van der Waals surface area contributed by atoms with Crippen molar-refractivity contribution in [3.63, 3.8) is 0 Å². The summed E-state index contributed by atoms with van der Waals surface area (Å²) in [4.78, 5) is 14.6. The Labute approximate surface area is 70.8 Å². The molecule has 1 aromatic rings. The maximum absolute atomic E-state index is 11.4. The van der Waals surface area contributed by atoms with E-state index in [2.05, 4.69) is 10.3 Å². The van der Waals surface area contributed by atoms with Crippen LogP contribution in [0.25, 0.3) is 0 Å². The second-order valence-corrected chi connectivity index (χ2v) is 3.20. The lowest BCUT2D eigenvalue weighted by Crippen LogP contribution is -2.21. The average molecular weight is 164 g/mol. The van der Waals surface area contributed by atoms with Crippen molar-refractivity contribution in [1.82, 2.24) is 4.98 Å². The predicted octanol–water partition coefficient (Wildman–Crippen LogP) is 1.04. The zero-order valence-corrected chi connectivity index (χ0v) is 7.11. The van der Waals surface area contributed by atoms with Gasteiger partial charge in [-0.05, 0) is 19.8 Å². The van der Waals surface area contributed by atoms with Gasteiger partial charge in [0.1, 0.15) is 5.82 Å². The molecular formula is C9H12N2O. The summed E-state index contributed by atoms with van der Waals surface area (Å²) in [5, 5.41) is 3.19. The van der Waals surface area contributed by atoms with Crippen LogP contribution in [0.3, 0.4) is 0 Å². The van der Waals surface area contributed by atoms with Crippen molar-refractivity contribution in [2.75, 3.05) is 11.9 Å². The van der Waals surface area contributed by atoms with Gasteiger partial charge in [-0.1, -0.05) is 0 Å². The number of hydrogen-bond donors (Lipinski definition) is 2. The van der Waals surface area contributed by atoms with Gasteiger partial charge in [-0.25, -0.2) is 0 Å². The molecule has 0 saturated carbocycles. The molecule has 1 aliphatic heterocycles. The molecule has 0 fully saturated rings. The molecule has 1 aromatic heterocycles. The summed E-state index contributed by atoms with van der Waals surface area (Å²) in [7, 11) is 0. The topological polar surface area (TPSA) is 44.9 Å². The van der Waals surface area contributed by atoms with Gasteiger partial charge in [0.05, 0.1) is 0 Å². The zero-order valence-electron chi connectivity index (χ0n) is 7.11. The molecule has 0 radical (unpaired) electrons. The van der Waals surface area contributed by atoms with Crippen molar-refractivity contribution in [2.45, 2.75) is 19.8 Å². The molecule has 0 aromatic carbocycles. The summed E-state index contributed by atoms with van der Waals surface area (Å²) < 4.78 is 0. The number of anilines is 1. The quantitative estimate of drug-likeness (QED) is 0.601. The van der Waals surface area contributed by atoms with E-state index in [0.717, 1.165) is 36.5 Å². The molecule has 0 aliphatic carbocycles. The van der Waals surface area contributed by atoms with Crippen molar-refractivity contribution in [3.05, 3.63) is 27.5 Å². The lowest BCUT2D eigenvalue weighted by atomic mass is 10.1. The number of H-pyrrole nitrogens is 1. The highest BCUT2D eigenvalue weighted by molar-refractivity contribution is 5.46. The number of nitrogens with one attached hydrogen (secondary N) is 2. The zero-order chi connectivity index (χ0) is 8.55. The largest absolute Gasteiger partial charge is 0.371 e. The van der Waals surface area contributed by atoms with Gasteiger partial charge in [0, 0.05) is 23.9 Å². The van der Waals surface area contributed by atoms with E-state index >= 15 is 0 Å². The number of pyridine rings is 1. The van der Waals surface area contributed by atoms with E-state index < -0.39 is 0 Å². The fourth-order valence-electron chi connectivity index (χ4n) is 1.59. The fraction of sp³-hybridized carbons (Fsp3) is 0.444. The number of rotatable bonds is 0. The first-order valence-corrected chi connectivity index (χ1v) is 4.24. The summed E-state index contributed by atoms with van der Waals surface area (Å²) in [5.74, 6) is 0.922. The van der Waals surface area contributed by atoms with Crippen LogP contribution >= 0.6 is 0 Å². The molecule has 2 heterocycles. The van der Waals surface area contributed by atoms with Gasteiger partial charge in [-0.15, -0.1) is 0 Å². The summed E-state index contributed by atoms with van der Waals surface area (Å²) in [5.41, 5.74) is 1.99. The lowest BCUT2D eigenvalue weighted by Gasteiger charge is -2.16. The molecule has 12 heavy (non-hydrogen) atoms. The van der Waals surface area contributed by atoms with Crippen molar-refractivity contribution < 1.29 is 0 Å². The van der Waals surface area contributed by atoms with E-state index in [-0.39, 0.29) is 5.43 Å². The van der Waals surface area contributed by atoms with Crippen LogP contribution in [0.2, 0.25) is 0 Å². The van der Waals surface area contributed by atoms with Crippen molar-refractivity contribution >= 4 is 5.82 Å². The first-order chi connectivity index (χ1) is 5.77. The van der Waals surface area contributed by atoms with E-state index in [1.807, 2.05) is 6.92 Å². The van der Waals surface area contributed by atoms with Gasteiger partial charge in [-0.3, -0.25) is 4.79 Å². The van der Waals surface area contributed by atoms with Gasteiger partial charge in [-0.2, -0.15) is 0 Å². The number of aromatic nitrogens is 1. The SMILES string of the molecule is Cc1cc(=O)c2c([nH]1)NCCC2. The third kappa shape index (κ3) is 1.11. The van der Waals surface area contributed by atoms with E-state index in [9.17, 15) is 4.79 Å². The molecule has 0 saturated heterocycles. The smallest absolute Gasteiger partial charge is 0.187 e. The molecule has 2 rings (SSSR count). The normalized spacial score (nSPS) is 15.1. The summed E-state index contributed by atoms with van der Waals surface area (Å²) in [6.07, 6.45) is 1.96. The Morgan fingerprint density at radius 3 is 3.17 bits per heavy atom. The van der Waals surface area contributed by atoms with Crippen LogP contribution in [0.15, 0.2) is 10.9 Å². The molecule has 0 amide bonds. The van der Waals surface area contributed by atoms with Crippen LogP contribution in [0.5, 0.6) is 0 Å². The highest BCUT2D eigenvalue weighted by Crippen LogP contribution is 2.15. The van der Waals surface area contributed by atoms with Crippen LogP contribution in [-0.4, -0.2) is 11.5 Å². The summed E-state index contributed by atoms with van der Waals surface area (Å²) in [6, 6.07) is 1.66. The van der Waals surface area contributed by atoms with Gasteiger partial charge in [0.25, 0.3) is 0 Å². The number of aryl methyl sites for hydroxylation is 1. The number of fused-ring (bicyclic) bond motifs is 1. The van der Waals surface area contributed by atoms with Crippen molar-refractivity contribution in [3.8, 4) is 0 Å². The minimum Gasteiger partial charge on any atom is -0.371 e. The van der Waals surface area contributed by atoms with E-state index in [4.69, 9.17) is 0 Å². The predicted molar refractivity (Wildman–Crippen MR) is 48.6 cm³/mol. The Bertz CT molecular complexity index is 354. The van der Waals surface area contributed by atoms with Crippen LogP contribution in [0, 0.1) is 6.92 Å². The maximum Gasteiger partial charge on any atom is 0.187 e. The van der Waals surface area contributed by atoms with Gasteiger partial charge < -0.3 is 10.3 Å². The van der Waals surface area contributed by atoms with Gasteiger partial charge >= 0.3 is 0 Å². The monoisotopic (exact) mass is 164 g/mol.